The van der Waals surface area contributed by atoms with Gasteiger partial charge in [0, 0.05) is 38.8 Å². The van der Waals surface area contributed by atoms with Crippen LogP contribution in [-0.4, -0.2) is 69.4 Å². The van der Waals surface area contributed by atoms with Gasteiger partial charge >= 0.3 is 6.36 Å². The van der Waals surface area contributed by atoms with Crippen LogP contribution in [0.15, 0.2) is 29.2 Å². The van der Waals surface area contributed by atoms with E-state index < -0.39 is 22.1 Å². The summed E-state index contributed by atoms with van der Waals surface area (Å²) in [7, 11) is -3.73. The molecule has 0 aliphatic carbocycles. The molecule has 140 valence electrons. The van der Waals surface area contributed by atoms with Gasteiger partial charge in [0.2, 0.25) is 10.0 Å². The van der Waals surface area contributed by atoms with Gasteiger partial charge in [-0.15, -0.1) is 13.2 Å². The second kappa shape index (κ2) is 7.10. The summed E-state index contributed by atoms with van der Waals surface area (Å²) in [6.45, 7) is 3.33. The van der Waals surface area contributed by atoms with Gasteiger partial charge in [-0.25, -0.2) is 8.42 Å². The minimum Gasteiger partial charge on any atom is -0.406 e. The van der Waals surface area contributed by atoms with Gasteiger partial charge in [-0.3, -0.25) is 4.90 Å². The van der Waals surface area contributed by atoms with Crippen LogP contribution in [0.3, 0.4) is 0 Å². The predicted molar refractivity (Wildman–Crippen MR) is 82.7 cm³/mol. The van der Waals surface area contributed by atoms with Crippen LogP contribution in [0.25, 0.3) is 0 Å². The molecule has 2 aliphatic heterocycles. The Balaban J connectivity index is 1.63. The summed E-state index contributed by atoms with van der Waals surface area (Å²) in [5.74, 6) is -0.447. The van der Waals surface area contributed by atoms with Gasteiger partial charge in [0.05, 0.1) is 11.5 Å². The van der Waals surface area contributed by atoms with E-state index in [0.717, 1.165) is 37.3 Å². The lowest BCUT2D eigenvalue weighted by Gasteiger charge is -2.36. The average Bonchev–Trinajstić information content (AvgIpc) is 3.08. The van der Waals surface area contributed by atoms with E-state index in [1.807, 2.05) is 0 Å². The van der Waals surface area contributed by atoms with Crippen LogP contribution >= 0.6 is 0 Å². The normalized spacial score (nSPS) is 23.7. The van der Waals surface area contributed by atoms with Crippen molar-refractivity contribution in [2.45, 2.75) is 23.7 Å². The van der Waals surface area contributed by atoms with Crippen molar-refractivity contribution in [1.82, 2.24) is 9.21 Å². The molecule has 0 N–H and O–H groups in total. The highest BCUT2D eigenvalue weighted by atomic mass is 32.2. The number of halogens is 3. The second-order valence-corrected chi connectivity index (χ2v) is 7.91. The van der Waals surface area contributed by atoms with Gasteiger partial charge in [-0.05, 0) is 30.7 Å². The number of rotatable bonds is 4. The molecule has 0 aromatic heterocycles. The van der Waals surface area contributed by atoms with Gasteiger partial charge in [-0.2, -0.15) is 4.31 Å². The molecule has 0 radical (unpaired) electrons. The number of hydrogen-bond donors (Lipinski definition) is 0. The number of benzene rings is 1. The average molecular weight is 380 g/mol. The molecule has 6 nitrogen and oxygen atoms in total. The molecule has 1 aromatic rings. The van der Waals surface area contributed by atoms with Crippen LogP contribution < -0.4 is 4.74 Å². The first kappa shape index (κ1) is 18.4. The number of alkyl halides is 3. The number of ether oxygens (including phenoxy) is 2. The monoisotopic (exact) mass is 380 g/mol. The summed E-state index contributed by atoms with van der Waals surface area (Å²) in [6.07, 6.45) is -3.85. The Labute approximate surface area is 144 Å². The van der Waals surface area contributed by atoms with Gasteiger partial charge in [0.25, 0.3) is 0 Å². The quantitative estimate of drug-likeness (QED) is 0.796. The first-order valence-corrected chi connectivity index (χ1v) is 9.37. The van der Waals surface area contributed by atoms with E-state index in [0.29, 0.717) is 38.8 Å². The molecule has 0 bridgehead atoms. The fourth-order valence-electron chi connectivity index (χ4n) is 3.08. The van der Waals surface area contributed by atoms with Gasteiger partial charge in [-0.1, -0.05) is 0 Å². The second-order valence-electron chi connectivity index (χ2n) is 5.98. The van der Waals surface area contributed by atoms with Crippen molar-refractivity contribution in [2.24, 2.45) is 0 Å². The maximum Gasteiger partial charge on any atom is 0.573 e. The highest BCUT2D eigenvalue weighted by molar-refractivity contribution is 7.89. The van der Waals surface area contributed by atoms with E-state index in [1.165, 1.54) is 4.31 Å². The molecule has 10 heteroatoms. The largest absolute Gasteiger partial charge is 0.573 e. The van der Waals surface area contributed by atoms with E-state index >= 15 is 0 Å². The Bertz CT molecular complexity index is 680. The van der Waals surface area contributed by atoms with Crippen molar-refractivity contribution in [1.29, 1.82) is 0 Å². The number of piperazine rings is 1. The number of nitrogens with zero attached hydrogens (tertiary/aromatic N) is 2. The van der Waals surface area contributed by atoms with Gasteiger partial charge in [0.1, 0.15) is 5.75 Å². The van der Waals surface area contributed by atoms with E-state index in [2.05, 4.69) is 9.64 Å². The molecule has 2 fully saturated rings. The SMILES string of the molecule is O=S(=O)(c1ccc(OC(F)(F)F)cc1)N1CCN([C@H]2CCOC2)CC1. The third-order valence-electron chi connectivity index (χ3n) is 4.39. The van der Waals surface area contributed by atoms with Crippen LogP contribution in [0.1, 0.15) is 6.42 Å². The Kier molecular flexibility index (Phi) is 5.24. The van der Waals surface area contributed by atoms with Crippen molar-refractivity contribution in [3.05, 3.63) is 24.3 Å². The number of sulfonamides is 1. The lowest BCUT2D eigenvalue weighted by atomic mass is 10.2. The fraction of sp³-hybridized carbons (Fsp3) is 0.600. The molecule has 1 atom stereocenters. The molecule has 2 saturated heterocycles. The maximum absolute atomic E-state index is 12.6. The summed E-state index contributed by atoms with van der Waals surface area (Å²) in [6, 6.07) is 4.61. The minimum absolute atomic E-state index is 0.0420. The van der Waals surface area contributed by atoms with Gasteiger partial charge in [0.15, 0.2) is 0 Å². The van der Waals surface area contributed by atoms with E-state index in [-0.39, 0.29) is 4.90 Å². The lowest BCUT2D eigenvalue weighted by Crippen LogP contribution is -2.52. The van der Waals surface area contributed by atoms with Crippen LogP contribution in [-0.2, 0) is 14.8 Å². The van der Waals surface area contributed by atoms with Crippen molar-refractivity contribution in [2.75, 3.05) is 39.4 Å². The maximum atomic E-state index is 12.6. The molecule has 3 rings (SSSR count). The van der Waals surface area contributed by atoms with Crippen molar-refractivity contribution in [3.63, 3.8) is 0 Å². The summed E-state index contributed by atoms with van der Waals surface area (Å²) in [5, 5.41) is 0. The molecule has 1 aromatic carbocycles. The molecule has 0 amide bonds. The molecular weight excluding hydrogens is 361 g/mol. The Morgan fingerprint density at radius 2 is 1.72 bits per heavy atom. The standard InChI is InChI=1S/C15H19F3N2O4S/c16-15(17,18)24-13-1-3-14(4-2-13)25(21,22)20-8-6-19(7-9-20)12-5-10-23-11-12/h1-4,12H,5-11H2/t12-/m0/s1. The van der Waals surface area contributed by atoms with Gasteiger partial charge < -0.3 is 9.47 Å². The Morgan fingerprint density at radius 1 is 1.08 bits per heavy atom. The molecule has 2 aliphatic rings. The third kappa shape index (κ3) is 4.43. The summed E-state index contributed by atoms with van der Waals surface area (Å²) in [5.41, 5.74) is 0. The van der Waals surface area contributed by atoms with Crippen LogP contribution in [0.2, 0.25) is 0 Å². The predicted octanol–water partition coefficient (Wildman–Crippen LogP) is 1.68. The summed E-state index contributed by atoms with van der Waals surface area (Å²) in [4.78, 5) is 2.18. The van der Waals surface area contributed by atoms with Crippen molar-refractivity contribution in [3.8, 4) is 5.75 Å². The molecule has 0 spiro atoms. The molecule has 0 saturated carbocycles. The van der Waals surface area contributed by atoms with E-state index in [4.69, 9.17) is 4.74 Å². The van der Waals surface area contributed by atoms with Crippen LogP contribution in [0.4, 0.5) is 13.2 Å². The van der Waals surface area contributed by atoms with Crippen molar-refractivity contribution < 1.29 is 31.1 Å². The zero-order valence-corrected chi connectivity index (χ0v) is 14.2. The lowest BCUT2D eigenvalue weighted by molar-refractivity contribution is -0.274. The Hall–Kier alpha value is -1.36. The summed E-state index contributed by atoms with van der Waals surface area (Å²) >= 11 is 0. The first-order valence-electron chi connectivity index (χ1n) is 7.93. The Morgan fingerprint density at radius 3 is 2.24 bits per heavy atom. The van der Waals surface area contributed by atoms with E-state index in [9.17, 15) is 21.6 Å². The first-order chi connectivity index (χ1) is 11.8. The topological polar surface area (TPSA) is 59.1 Å². The summed E-state index contributed by atoms with van der Waals surface area (Å²) < 4.78 is 72.2. The molecule has 25 heavy (non-hydrogen) atoms. The molecular formula is C15H19F3N2O4S. The molecule has 0 unspecified atom stereocenters. The highest BCUT2D eigenvalue weighted by Gasteiger charge is 2.33. The number of hydrogen-bond acceptors (Lipinski definition) is 5. The van der Waals surface area contributed by atoms with E-state index in [1.54, 1.807) is 0 Å². The zero-order chi connectivity index (χ0) is 18.1. The minimum atomic E-state index is -4.80. The van der Waals surface area contributed by atoms with Crippen LogP contribution in [0, 0.1) is 0 Å². The van der Waals surface area contributed by atoms with Crippen molar-refractivity contribution >= 4 is 10.0 Å². The third-order valence-corrected chi connectivity index (χ3v) is 6.30. The zero-order valence-electron chi connectivity index (χ0n) is 13.4. The highest BCUT2D eigenvalue weighted by Crippen LogP contribution is 2.26. The fourth-order valence-corrected chi connectivity index (χ4v) is 4.50. The smallest absolute Gasteiger partial charge is 0.406 e. The molecule has 2 heterocycles. The van der Waals surface area contributed by atoms with Crippen LogP contribution in [0.5, 0.6) is 5.75 Å².